The first-order valence-corrected chi connectivity index (χ1v) is 13.1. The number of carbonyl (C=O) groups excluding carboxylic acids is 1. The molecule has 1 aromatic heterocycles. The fourth-order valence-corrected chi connectivity index (χ4v) is 4.91. The van der Waals surface area contributed by atoms with Crippen LogP contribution in [0.2, 0.25) is 5.02 Å². The number of amides is 1. The Morgan fingerprint density at radius 3 is 2.37 bits per heavy atom. The number of aromatic amines is 1. The van der Waals surface area contributed by atoms with Gasteiger partial charge in [0.25, 0.3) is 0 Å². The average Bonchev–Trinajstić information content (AvgIpc) is 3.39. The van der Waals surface area contributed by atoms with Crippen molar-refractivity contribution in [2.24, 2.45) is 5.73 Å². The molecule has 1 unspecified atom stereocenters. The summed E-state index contributed by atoms with van der Waals surface area (Å²) >= 11 is 6.35. The summed E-state index contributed by atoms with van der Waals surface area (Å²) in [5, 5.41) is 12.0. The molecule has 1 atom stereocenters. The van der Waals surface area contributed by atoms with E-state index in [1.54, 1.807) is 60.7 Å². The molecular weight excluding hydrogens is 551 g/mol. The molecule has 0 fully saturated rings. The molecule has 0 saturated carbocycles. The van der Waals surface area contributed by atoms with Crippen LogP contribution in [0.25, 0.3) is 33.5 Å². The van der Waals surface area contributed by atoms with Gasteiger partial charge in [-0.3, -0.25) is 10.2 Å². The summed E-state index contributed by atoms with van der Waals surface area (Å²) in [7, 11) is 0. The molecular formula is C31H25ClF3N5O. The van der Waals surface area contributed by atoms with Gasteiger partial charge in [0, 0.05) is 28.1 Å². The lowest BCUT2D eigenvalue weighted by molar-refractivity contribution is -0.136. The third-order valence-electron chi connectivity index (χ3n) is 6.73. The number of H-pyrrole nitrogens is 1. The van der Waals surface area contributed by atoms with Gasteiger partial charge < -0.3 is 16.0 Å². The number of hydrogen-bond donors (Lipinski definition) is 4. The topological polar surface area (TPSA) is 108 Å². The molecule has 5 aromatic rings. The number of amidine groups is 1. The number of rotatable bonds is 8. The maximum Gasteiger partial charge on any atom is 0.389 e. The lowest BCUT2D eigenvalue weighted by Gasteiger charge is -2.22. The largest absolute Gasteiger partial charge is 0.389 e. The van der Waals surface area contributed by atoms with Crippen molar-refractivity contribution in [2.45, 2.75) is 25.1 Å². The van der Waals surface area contributed by atoms with Crippen molar-refractivity contribution in [2.75, 3.05) is 0 Å². The molecule has 5 N–H and O–H groups in total. The predicted molar refractivity (Wildman–Crippen MR) is 155 cm³/mol. The van der Waals surface area contributed by atoms with E-state index in [-0.39, 0.29) is 17.8 Å². The third kappa shape index (κ3) is 6.41. The molecule has 4 aromatic carbocycles. The molecule has 0 aliphatic heterocycles. The highest BCUT2D eigenvalue weighted by molar-refractivity contribution is 6.31. The summed E-state index contributed by atoms with van der Waals surface area (Å²) in [6.45, 7) is 0. The highest BCUT2D eigenvalue weighted by Crippen LogP contribution is 2.36. The average molecular weight is 576 g/mol. The number of carbonyl (C=O) groups is 1. The molecule has 0 saturated heterocycles. The molecule has 1 amide bonds. The van der Waals surface area contributed by atoms with Gasteiger partial charge >= 0.3 is 6.18 Å². The van der Waals surface area contributed by atoms with Gasteiger partial charge in [0.1, 0.15) is 11.7 Å². The van der Waals surface area contributed by atoms with Gasteiger partial charge in [-0.25, -0.2) is 4.98 Å². The van der Waals surface area contributed by atoms with Gasteiger partial charge in [0.2, 0.25) is 5.91 Å². The number of primary amides is 1. The number of aromatic nitrogens is 2. The van der Waals surface area contributed by atoms with Crippen LogP contribution >= 0.6 is 11.6 Å². The van der Waals surface area contributed by atoms with Gasteiger partial charge in [-0.1, -0.05) is 66.2 Å². The van der Waals surface area contributed by atoms with Crippen molar-refractivity contribution >= 4 is 34.4 Å². The number of hydrogen-bond acceptors (Lipinski definition) is 3. The zero-order chi connectivity index (χ0) is 29.1. The Bertz CT molecular complexity index is 1700. The number of para-hydroxylation sites is 2. The van der Waals surface area contributed by atoms with E-state index >= 15 is 0 Å². The Balaban J connectivity index is 1.51. The summed E-state index contributed by atoms with van der Waals surface area (Å²) in [5.41, 5.74) is 10.2. The number of nitrogens with two attached hydrogens (primary N) is 1. The summed E-state index contributed by atoms with van der Waals surface area (Å²) in [5.74, 6) is -0.303. The number of alkyl halides is 3. The van der Waals surface area contributed by atoms with Crippen LogP contribution in [0.4, 0.5) is 13.2 Å². The summed E-state index contributed by atoms with van der Waals surface area (Å²) in [4.78, 5) is 20.6. The molecule has 0 spiro atoms. The van der Waals surface area contributed by atoms with Gasteiger partial charge in [0.15, 0.2) is 0 Å². The molecule has 10 heteroatoms. The van der Waals surface area contributed by atoms with E-state index in [9.17, 15) is 18.0 Å². The SMILES string of the molecule is N=C(NC(CCC(F)(F)F)c1ccccc1)c1ccc(-c2cc(Cl)ccc2-c2nc3ccccc3[nH]2)c(C(N)=O)c1. The van der Waals surface area contributed by atoms with Crippen LogP contribution in [0.5, 0.6) is 0 Å². The van der Waals surface area contributed by atoms with Gasteiger partial charge in [-0.15, -0.1) is 0 Å². The zero-order valence-electron chi connectivity index (χ0n) is 21.6. The lowest BCUT2D eigenvalue weighted by Crippen LogP contribution is -2.30. The van der Waals surface area contributed by atoms with Crippen LogP contribution in [0, 0.1) is 5.41 Å². The number of nitrogens with zero attached hydrogens (tertiary/aromatic N) is 1. The minimum atomic E-state index is -4.34. The monoisotopic (exact) mass is 575 g/mol. The Morgan fingerprint density at radius 1 is 0.951 bits per heavy atom. The van der Waals surface area contributed by atoms with E-state index in [2.05, 4.69) is 15.3 Å². The zero-order valence-corrected chi connectivity index (χ0v) is 22.4. The fraction of sp³-hybridized carbons (Fsp3) is 0.129. The Labute approximate surface area is 238 Å². The summed E-state index contributed by atoms with van der Waals surface area (Å²) in [6, 6.07) is 25.4. The molecule has 0 radical (unpaired) electrons. The second kappa shape index (κ2) is 11.5. The third-order valence-corrected chi connectivity index (χ3v) is 6.96. The van der Waals surface area contributed by atoms with Gasteiger partial charge in [-0.05, 0) is 59.5 Å². The van der Waals surface area contributed by atoms with Crippen molar-refractivity contribution in [3.63, 3.8) is 0 Å². The molecule has 1 heterocycles. The first kappa shape index (κ1) is 27.9. The summed E-state index contributed by atoms with van der Waals surface area (Å²) < 4.78 is 39.1. The van der Waals surface area contributed by atoms with Crippen LogP contribution in [0.1, 0.15) is 40.4 Å². The van der Waals surface area contributed by atoms with Crippen LogP contribution in [0.15, 0.2) is 91.0 Å². The standard InChI is InChI=1S/C31H25ClF3N5O/c32-20-11-13-22(30-39-26-8-4-5-9-27(26)40-30)23(17-20)21-12-10-19(16-24(21)29(37)41)28(36)38-25(14-15-31(33,34)35)18-6-2-1-3-7-18/h1-13,16-17,25H,14-15H2,(H2,36,38)(H2,37,41)(H,39,40). The minimum absolute atomic E-state index is 0.125. The Hall–Kier alpha value is -4.63. The van der Waals surface area contributed by atoms with Crippen molar-refractivity contribution < 1.29 is 18.0 Å². The smallest absolute Gasteiger partial charge is 0.366 e. The normalized spacial score (nSPS) is 12.3. The maximum atomic E-state index is 13.0. The van der Waals surface area contributed by atoms with Gasteiger partial charge in [-0.2, -0.15) is 13.2 Å². The molecule has 0 bridgehead atoms. The molecule has 41 heavy (non-hydrogen) atoms. The predicted octanol–water partition coefficient (Wildman–Crippen LogP) is 7.65. The highest BCUT2D eigenvalue weighted by Gasteiger charge is 2.29. The van der Waals surface area contributed by atoms with Crippen molar-refractivity contribution in [3.05, 3.63) is 113 Å². The molecule has 208 valence electrons. The first-order valence-electron chi connectivity index (χ1n) is 12.7. The van der Waals surface area contributed by atoms with Crippen molar-refractivity contribution in [1.82, 2.24) is 15.3 Å². The van der Waals surface area contributed by atoms with Crippen LogP contribution in [0.3, 0.4) is 0 Å². The minimum Gasteiger partial charge on any atom is -0.366 e. The lowest BCUT2D eigenvalue weighted by atomic mass is 9.92. The number of halogens is 4. The Kier molecular flexibility index (Phi) is 7.81. The number of benzene rings is 4. The van der Waals surface area contributed by atoms with E-state index in [4.69, 9.17) is 22.7 Å². The molecule has 0 aliphatic rings. The maximum absolute atomic E-state index is 13.0. The quantitative estimate of drug-likeness (QED) is 0.113. The number of nitrogens with one attached hydrogen (secondary N) is 3. The van der Waals surface area contributed by atoms with Crippen LogP contribution in [-0.4, -0.2) is 27.9 Å². The van der Waals surface area contributed by atoms with E-state index in [0.717, 1.165) is 11.0 Å². The van der Waals surface area contributed by atoms with E-state index in [1.165, 1.54) is 6.07 Å². The van der Waals surface area contributed by atoms with Crippen LogP contribution in [-0.2, 0) is 0 Å². The van der Waals surface area contributed by atoms with E-state index in [0.29, 0.717) is 38.7 Å². The molecule has 0 aliphatic carbocycles. The van der Waals surface area contributed by atoms with E-state index < -0.39 is 24.5 Å². The molecule has 6 nitrogen and oxygen atoms in total. The number of imidazole rings is 1. The fourth-order valence-electron chi connectivity index (χ4n) is 4.74. The van der Waals surface area contributed by atoms with Crippen LogP contribution < -0.4 is 11.1 Å². The Morgan fingerprint density at radius 2 is 1.66 bits per heavy atom. The summed E-state index contributed by atoms with van der Waals surface area (Å²) in [6.07, 6.45) is -5.62. The molecule has 5 rings (SSSR count). The highest BCUT2D eigenvalue weighted by atomic mass is 35.5. The second-order valence-corrected chi connectivity index (χ2v) is 9.99. The van der Waals surface area contributed by atoms with Crippen molar-refractivity contribution in [3.8, 4) is 22.5 Å². The second-order valence-electron chi connectivity index (χ2n) is 9.55. The van der Waals surface area contributed by atoms with E-state index in [1.807, 2.05) is 24.3 Å². The number of fused-ring (bicyclic) bond motifs is 1. The van der Waals surface area contributed by atoms with Crippen molar-refractivity contribution in [1.29, 1.82) is 5.41 Å². The first-order chi connectivity index (χ1) is 19.6. The van der Waals surface area contributed by atoms with Gasteiger partial charge in [0.05, 0.1) is 17.1 Å².